The Kier molecular flexibility index (Phi) is 5.57. The van der Waals surface area contributed by atoms with Crippen molar-refractivity contribution < 1.29 is 27.6 Å². The molecule has 0 spiro atoms. The molecule has 1 saturated heterocycles. The number of amides is 4. The van der Waals surface area contributed by atoms with Crippen LogP contribution in [0.25, 0.3) is 0 Å². The molecule has 1 atom stereocenters. The summed E-state index contributed by atoms with van der Waals surface area (Å²) in [4.78, 5) is 38.5. The van der Waals surface area contributed by atoms with Gasteiger partial charge >= 0.3 is 12.2 Å². The molecule has 2 aromatic rings. The van der Waals surface area contributed by atoms with E-state index in [0.29, 0.717) is 10.5 Å². The number of alkyl halides is 3. The molecule has 9 heteroatoms. The van der Waals surface area contributed by atoms with Crippen LogP contribution in [0.1, 0.15) is 47.8 Å². The Labute approximate surface area is 183 Å². The number of carbonyl (C=O) groups is 3. The number of hydrogen-bond acceptors (Lipinski definition) is 3. The standard InChI is InChI=1S/C23H24F3N3O3/c1-13-6-11-17(12-14(13)2)29-19(31)22(23(24,25)26,28-20(29)32)27-18(30)15-7-9-16(10-8-15)21(3,4)5/h6-12H,1-5H3,(H,27,30)(H,28,32)/t22-/m0/s1. The van der Waals surface area contributed by atoms with Gasteiger partial charge in [0, 0.05) is 5.56 Å². The lowest BCUT2D eigenvalue weighted by molar-refractivity contribution is -0.197. The van der Waals surface area contributed by atoms with Crippen LogP contribution in [0.3, 0.4) is 0 Å². The number of imide groups is 1. The van der Waals surface area contributed by atoms with E-state index in [4.69, 9.17) is 0 Å². The number of rotatable bonds is 3. The minimum Gasteiger partial charge on any atom is -0.314 e. The fourth-order valence-electron chi connectivity index (χ4n) is 3.34. The molecular formula is C23H24F3N3O3. The lowest BCUT2D eigenvalue weighted by Crippen LogP contribution is -2.69. The number of halogens is 3. The highest BCUT2D eigenvalue weighted by Gasteiger charge is 2.69. The Morgan fingerprint density at radius 2 is 1.56 bits per heavy atom. The van der Waals surface area contributed by atoms with Gasteiger partial charge in [-0.3, -0.25) is 14.9 Å². The first-order chi connectivity index (χ1) is 14.7. The topological polar surface area (TPSA) is 78.5 Å². The van der Waals surface area contributed by atoms with Crippen molar-refractivity contribution in [1.82, 2.24) is 10.6 Å². The molecule has 6 nitrogen and oxygen atoms in total. The van der Waals surface area contributed by atoms with Crippen LogP contribution in [-0.2, 0) is 10.2 Å². The Hall–Kier alpha value is -3.36. The number of hydrogen-bond donors (Lipinski definition) is 2. The Bertz CT molecular complexity index is 1090. The van der Waals surface area contributed by atoms with Gasteiger partial charge in [0.15, 0.2) is 0 Å². The molecule has 1 heterocycles. The van der Waals surface area contributed by atoms with Crippen LogP contribution in [-0.4, -0.2) is 29.7 Å². The van der Waals surface area contributed by atoms with E-state index in [1.807, 2.05) is 20.8 Å². The van der Waals surface area contributed by atoms with Crippen LogP contribution in [0.4, 0.5) is 23.7 Å². The third-order valence-corrected chi connectivity index (χ3v) is 5.51. The molecule has 170 valence electrons. The second kappa shape index (κ2) is 7.65. The molecule has 2 aromatic carbocycles. The molecule has 0 bridgehead atoms. The summed E-state index contributed by atoms with van der Waals surface area (Å²) in [5.41, 5.74) is -1.48. The van der Waals surface area contributed by atoms with Gasteiger partial charge < -0.3 is 5.32 Å². The van der Waals surface area contributed by atoms with Gasteiger partial charge in [0.05, 0.1) is 5.69 Å². The predicted molar refractivity (Wildman–Crippen MR) is 113 cm³/mol. The van der Waals surface area contributed by atoms with Crippen LogP contribution < -0.4 is 15.5 Å². The van der Waals surface area contributed by atoms with Crippen molar-refractivity contribution in [1.29, 1.82) is 0 Å². The molecule has 0 saturated carbocycles. The van der Waals surface area contributed by atoms with Crippen molar-refractivity contribution in [3.8, 4) is 0 Å². The first kappa shape index (κ1) is 23.3. The highest BCUT2D eigenvalue weighted by Crippen LogP contribution is 2.36. The first-order valence-electron chi connectivity index (χ1n) is 9.91. The summed E-state index contributed by atoms with van der Waals surface area (Å²) in [5.74, 6) is -2.77. The highest BCUT2D eigenvalue weighted by molar-refractivity contribution is 6.24. The monoisotopic (exact) mass is 447 g/mol. The minimum absolute atomic E-state index is 0.0227. The molecule has 3 rings (SSSR count). The van der Waals surface area contributed by atoms with Crippen LogP contribution >= 0.6 is 0 Å². The van der Waals surface area contributed by atoms with Gasteiger partial charge in [-0.25, -0.2) is 9.69 Å². The van der Waals surface area contributed by atoms with Gasteiger partial charge in [-0.2, -0.15) is 13.2 Å². The van der Waals surface area contributed by atoms with Crippen molar-refractivity contribution in [2.45, 2.75) is 51.9 Å². The van der Waals surface area contributed by atoms with E-state index in [9.17, 15) is 27.6 Å². The fraction of sp³-hybridized carbons (Fsp3) is 0.348. The second-order valence-electron chi connectivity index (χ2n) is 8.87. The van der Waals surface area contributed by atoms with E-state index < -0.39 is 29.7 Å². The summed E-state index contributed by atoms with van der Waals surface area (Å²) in [5, 5.41) is 3.38. The van der Waals surface area contributed by atoms with E-state index in [1.165, 1.54) is 24.3 Å². The maximum Gasteiger partial charge on any atom is 0.440 e. The summed E-state index contributed by atoms with van der Waals surface area (Å²) in [6.07, 6.45) is -5.28. The SMILES string of the molecule is Cc1ccc(N2C(=O)N[C@](NC(=O)c3ccc(C(C)(C)C)cc3)(C(F)(F)F)C2=O)cc1C. The summed E-state index contributed by atoms with van der Waals surface area (Å²) >= 11 is 0. The number of benzene rings is 2. The molecule has 4 amide bonds. The second-order valence-corrected chi connectivity index (χ2v) is 8.87. The summed E-state index contributed by atoms with van der Waals surface area (Å²) < 4.78 is 42.3. The van der Waals surface area contributed by atoms with Gasteiger partial charge in [0.25, 0.3) is 17.5 Å². The molecule has 1 aliphatic rings. The molecule has 1 aliphatic heterocycles. The smallest absolute Gasteiger partial charge is 0.314 e. The fourth-order valence-corrected chi connectivity index (χ4v) is 3.34. The van der Waals surface area contributed by atoms with E-state index in [2.05, 4.69) is 0 Å². The Balaban J connectivity index is 1.97. The zero-order chi connectivity index (χ0) is 24.1. The van der Waals surface area contributed by atoms with Crippen molar-refractivity contribution in [3.63, 3.8) is 0 Å². The highest BCUT2D eigenvalue weighted by atomic mass is 19.4. The normalized spacial score (nSPS) is 19.2. The largest absolute Gasteiger partial charge is 0.440 e. The van der Waals surface area contributed by atoms with Crippen LogP contribution in [0.5, 0.6) is 0 Å². The third kappa shape index (κ3) is 3.94. The summed E-state index contributed by atoms with van der Waals surface area (Å²) in [6.45, 7) is 9.35. The number of carbonyl (C=O) groups excluding carboxylic acids is 3. The van der Waals surface area contributed by atoms with Gasteiger partial charge in [0.2, 0.25) is 0 Å². The number of urea groups is 1. The summed E-state index contributed by atoms with van der Waals surface area (Å²) in [7, 11) is 0. The predicted octanol–water partition coefficient (Wildman–Crippen LogP) is 4.35. The Morgan fingerprint density at radius 3 is 2.06 bits per heavy atom. The van der Waals surface area contributed by atoms with E-state index in [-0.39, 0.29) is 16.7 Å². The Morgan fingerprint density at radius 1 is 0.969 bits per heavy atom. The lowest BCUT2D eigenvalue weighted by Gasteiger charge is -2.30. The quantitative estimate of drug-likeness (QED) is 0.687. The summed E-state index contributed by atoms with van der Waals surface area (Å²) in [6, 6.07) is 9.14. The van der Waals surface area contributed by atoms with Crippen LogP contribution in [0, 0.1) is 13.8 Å². The molecule has 0 unspecified atom stereocenters. The average Bonchev–Trinajstić information content (AvgIpc) is 2.94. The van der Waals surface area contributed by atoms with Crippen LogP contribution in [0.15, 0.2) is 42.5 Å². The van der Waals surface area contributed by atoms with Crippen molar-refractivity contribution in [2.75, 3.05) is 4.90 Å². The van der Waals surface area contributed by atoms with E-state index >= 15 is 0 Å². The zero-order valence-electron chi connectivity index (χ0n) is 18.3. The van der Waals surface area contributed by atoms with Crippen molar-refractivity contribution in [3.05, 3.63) is 64.7 Å². The van der Waals surface area contributed by atoms with E-state index in [0.717, 1.165) is 11.1 Å². The first-order valence-corrected chi connectivity index (χ1v) is 9.91. The zero-order valence-corrected chi connectivity index (χ0v) is 18.3. The lowest BCUT2D eigenvalue weighted by atomic mass is 9.86. The molecule has 32 heavy (non-hydrogen) atoms. The number of aryl methyl sites for hydroxylation is 2. The molecule has 0 aliphatic carbocycles. The molecule has 2 N–H and O–H groups in total. The van der Waals surface area contributed by atoms with Crippen LogP contribution in [0.2, 0.25) is 0 Å². The number of anilines is 1. The van der Waals surface area contributed by atoms with Crippen molar-refractivity contribution >= 4 is 23.5 Å². The third-order valence-electron chi connectivity index (χ3n) is 5.51. The average molecular weight is 447 g/mol. The van der Waals surface area contributed by atoms with Gasteiger partial charge in [-0.05, 0) is 60.2 Å². The maximum atomic E-state index is 14.1. The number of nitrogens with one attached hydrogen (secondary N) is 2. The molecular weight excluding hydrogens is 423 g/mol. The van der Waals surface area contributed by atoms with Gasteiger partial charge in [0.1, 0.15) is 0 Å². The van der Waals surface area contributed by atoms with Gasteiger partial charge in [-0.15, -0.1) is 0 Å². The van der Waals surface area contributed by atoms with Gasteiger partial charge in [-0.1, -0.05) is 39.0 Å². The maximum absolute atomic E-state index is 14.1. The molecule has 1 fully saturated rings. The number of nitrogens with zero attached hydrogens (tertiary/aromatic N) is 1. The molecule has 0 radical (unpaired) electrons. The minimum atomic E-state index is -5.28. The van der Waals surface area contributed by atoms with E-state index in [1.54, 1.807) is 42.7 Å². The molecule has 0 aromatic heterocycles. The van der Waals surface area contributed by atoms with Crippen molar-refractivity contribution in [2.24, 2.45) is 0 Å².